The summed E-state index contributed by atoms with van der Waals surface area (Å²) in [5.41, 5.74) is 1.86. The van der Waals surface area contributed by atoms with Gasteiger partial charge < -0.3 is 15.0 Å². The molecule has 0 aromatic heterocycles. The van der Waals surface area contributed by atoms with Crippen molar-refractivity contribution in [2.45, 2.75) is 83.9 Å². The lowest BCUT2D eigenvalue weighted by Gasteiger charge is -2.34. The van der Waals surface area contributed by atoms with Crippen molar-refractivity contribution in [3.63, 3.8) is 0 Å². The zero-order valence-electron chi connectivity index (χ0n) is 26.7. The molecular weight excluding hydrogens is 628 g/mol. The second-order valence-electron chi connectivity index (χ2n) is 12.6. The first-order valence-corrected chi connectivity index (χ1v) is 17.3. The lowest BCUT2D eigenvalue weighted by Crippen LogP contribution is -2.50. The fourth-order valence-corrected chi connectivity index (χ4v) is 7.84. The molecule has 256 valence electrons. The molecule has 14 heteroatoms. The molecule has 2 amide bonds. The lowest BCUT2D eigenvalue weighted by molar-refractivity contribution is -0.138. The maximum atomic E-state index is 13.3. The van der Waals surface area contributed by atoms with Crippen LogP contribution in [0.5, 0.6) is 0 Å². The Morgan fingerprint density at radius 1 is 1.13 bits per heavy atom. The number of aryl methyl sites for hydroxylation is 2. The molecule has 4 rings (SSSR count). The topological polar surface area (TPSA) is 108 Å². The maximum Gasteiger partial charge on any atom is 0.389 e. The minimum Gasteiger partial charge on any atom is -0.377 e. The number of nitrogens with zero attached hydrogens (tertiary/aromatic N) is 3. The van der Waals surface area contributed by atoms with Crippen molar-refractivity contribution in [1.29, 1.82) is 0 Å². The molecule has 1 saturated heterocycles. The molecule has 1 aromatic carbocycles. The molecule has 1 saturated carbocycles. The van der Waals surface area contributed by atoms with Crippen LogP contribution in [-0.2, 0) is 24.3 Å². The highest BCUT2D eigenvalue weighted by atomic mass is 32.2. The van der Waals surface area contributed by atoms with Crippen molar-refractivity contribution in [3.05, 3.63) is 34.2 Å². The van der Waals surface area contributed by atoms with Crippen LogP contribution in [0, 0.1) is 25.7 Å². The number of anilines is 1. The number of ether oxygens (including phenoxy) is 1. The van der Waals surface area contributed by atoms with Crippen molar-refractivity contribution >= 4 is 39.4 Å². The van der Waals surface area contributed by atoms with Crippen molar-refractivity contribution in [3.8, 4) is 0 Å². The summed E-state index contributed by atoms with van der Waals surface area (Å²) in [6.45, 7) is 5.12. The van der Waals surface area contributed by atoms with Gasteiger partial charge in [0, 0.05) is 50.0 Å². The van der Waals surface area contributed by atoms with Crippen LogP contribution in [0.2, 0.25) is 0 Å². The third kappa shape index (κ3) is 8.94. The van der Waals surface area contributed by atoms with E-state index >= 15 is 0 Å². The number of hydrogen-bond acceptors (Lipinski definition) is 6. The average molecular weight is 673 g/mol. The number of aliphatic imine (C=N–C) groups is 1. The molecule has 1 aliphatic carbocycles. The molecule has 9 nitrogen and oxygen atoms in total. The standard InChI is InChI=1S/C32H44F4N4O5S/c1-22-20-27(40(24(3)41)16-18-45-17-13-33)21-23(2)28(22)9-19-46(43,44)39-14-11-31(12-15-39)30(42)37-29(38-31)26-6-4-25(5-7-26)8-10-32(34,35)36/h9,19-21,25-26H,4-8,10-18H2,1-3H3,(H,37,38,42)/b19-9+. The van der Waals surface area contributed by atoms with Crippen molar-refractivity contribution in [1.82, 2.24) is 9.62 Å². The number of halogens is 4. The predicted molar refractivity (Wildman–Crippen MR) is 169 cm³/mol. The van der Waals surface area contributed by atoms with E-state index in [1.165, 1.54) is 16.1 Å². The fraction of sp³-hybridized carbons (Fsp3) is 0.656. The van der Waals surface area contributed by atoms with Gasteiger partial charge in [-0.25, -0.2) is 12.8 Å². The van der Waals surface area contributed by atoms with Crippen molar-refractivity contribution in [2.24, 2.45) is 16.8 Å². The molecule has 0 atom stereocenters. The number of carbonyl (C=O) groups is 2. The number of carbonyl (C=O) groups excluding carboxylic acids is 2. The molecule has 0 radical (unpaired) electrons. The Labute approximate surface area is 268 Å². The van der Waals surface area contributed by atoms with E-state index < -0.39 is 34.8 Å². The minimum absolute atomic E-state index is 0.00903. The summed E-state index contributed by atoms with van der Waals surface area (Å²) in [5, 5.41) is 4.07. The monoisotopic (exact) mass is 672 g/mol. The van der Waals surface area contributed by atoms with E-state index in [0.29, 0.717) is 42.8 Å². The predicted octanol–water partition coefficient (Wildman–Crippen LogP) is 5.45. The van der Waals surface area contributed by atoms with Gasteiger partial charge in [-0.2, -0.15) is 17.5 Å². The highest BCUT2D eigenvalue weighted by Crippen LogP contribution is 2.38. The van der Waals surface area contributed by atoms with Crippen LogP contribution >= 0.6 is 0 Å². The Morgan fingerprint density at radius 2 is 1.76 bits per heavy atom. The smallest absolute Gasteiger partial charge is 0.377 e. The Kier molecular flexibility index (Phi) is 11.7. The molecule has 2 aliphatic heterocycles. The number of hydrogen-bond donors (Lipinski definition) is 1. The highest BCUT2D eigenvalue weighted by molar-refractivity contribution is 7.92. The van der Waals surface area contributed by atoms with Gasteiger partial charge in [0.2, 0.25) is 15.9 Å². The van der Waals surface area contributed by atoms with Crippen LogP contribution in [0.3, 0.4) is 0 Å². The van der Waals surface area contributed by atoms with Gasteiger partial charge in [0.15, 0.2) is 0 Å². The quantitative estimate of drug-likeness (QED) is 0.235. The molecule has 2 heterocycles. The molecule has 2 fully saturated rings. The first-order chi connectivity index (χ1) is 21.6. The number of piperidine rings is 1. The van der Waals surface area contributed by atoms with Crippen LogP contribution in [0.25, 0.3) is 6.08 Å². The molecule has 1 N–H and O–H groups in total. The van der Waals surface area contributed by atoms with Crippen LogP contribution in [0.4, 0.5) is 23.2 Å². The van der Waals surface area contributed by atoms with E-state index in [2.05, 4.69) is 5.32 Å². The summed E-state index contributed by atoms with van der Waals surface area (Å²) >= 11 is 0. The number of sulfonamides is 1. The first kappa shape index (κ1) is 36.0. The van der Waals surface area contributed by atoms with Crippen LogP contribution in [0.15, 0.2) is 22.5 Å². The van der Waals surface area contributed by atoms with Crippen LogP contribution < -0.4 is 10.2 Å². The summed E-state index contributed by atoms with van der Waals surface area (Å²) in [6, 6.07) is 3.59. The second-order valence-corrected chi connectivity index (χ2v) is 14.4. The Hall–Kier alpha value is -2.84. The van der Waals surface area contributed by atoms with E-state index in [1.807, 2.05) is 13.8 Å². The Bertz CT molecular complexity index is 1410. The third-order valence-electron chi connectivity index (χ3n) is 9.34. The number of amides is 2. The van der Waals surface area contributed by atoms with E-state index in [4.69, 9.17) is 9.73 Å². The number of rotatable bonds is 12. The van der Waals surface area contributed by atoms with Gasteiger partial charge in [-0.3, -0.25) is 14.6 Å². The molecular formula is C32H44F4N4O5S. The van der Waals surface area contributed by atoms with E-state index in [1.54, 1.807) is 18.2 Å². The zero-order chi connectivity index (χ0) is 33.7. The molecule has 1 spiro atoms. The number of amidine groups is 1. The Balaban J connectivity index is 1.36. The van der Waals surface area contributed by atoms with Crippen LogP contribution in [0.1, 0.15) is 75.0 Å². The van der Waals surface area contributed by atoms with Gasteiger partial charge >= 0.3 is 6.18 Å². The fourth-order valence-electron chi connectivity index (χ4n) is 6.67. The van der Waals surface area contributed by atoms with Gasteiger partial charge in [-0.15, -0.1) is 0 Å². The van der Waals surface area contributed by atoms with Crippen molar-refractivity contribution < 1.29 is 40.3 Å². The molecule has 0 unspecified atom stereocenters. The Morgan fingerprint density at radius 3 is 2.33 bits per heavy atom. The minimum atomic E-state index is -4.15. The number of benzene rings is 1. The summed E-state index contributed by atoms with van der Waals surface area (Å²) in [6.07, 6.45) is -0.123. The normalized spacial score (nSPS) is 22.3. The average Bonchev–Trinajstić information content (AvgIpc) is 3.30. The van der Waals surface area contributed by atoms with Gasteiger partial charge in [-0.05, 0) is 99.6 Å². The van der Waals surface area contributed by atoms with Gasteiger partial charge in [0.05, 0.1) is 13.2 Å². The molecule has 3 aliphatic rings. The van der Waals surface area contributed by atoms with E-state index in [-0.39, 0.29) is 75.8 Å². The summed E-state index contributed by atoms with van der Waals surface area (Å²) < 4.78 is 83.3. The van der Waals surface area contributed by atoms with Crippen LogP contribution in [-0.4, -0.2) is 81.6 Å². The molecule has 46 heavy (non-hydrogen) atoms. The van der Waals surface area contributed by atoms with E-state index in [0.717, 1.165) is 16.5 Å². The zero-order valence-corrected chi connectivity index (χ0v) is 27.5. The molecule has 1 aromatic rings. The lowest BCUT2D eigenvalue weighted by atomic mass is 9.79. The van der Waals surface area contributed by atoms with Crippen molar-refractivity contribution in [2.75, 3.05) is 44.4 Å². The summed E-state index contributed by atoms with van der Waals surface area (Å²) in [4.78, 5) is 31.6. The second kappa shape index (κ2) is 14.9. The van der Waals surface area contributed by atoms with Gasteiger partial charge in [0.25, 0.3) is 5.91 Å². The third-order valence-corrected chi connectivity index (χ3v) is 10.9. The summed E-state index contributed by atoms with van der Waals surface area (Å²) in [7, 11) is -3.81. The summed E-state index contributed by atoms with van der Waals surface area (Å²) in [5.74, 6) is 0.155. The largest absolute Gasteiger partial charge is 0.389 e. The van der Waals surface area contributed by atoms with Gasteiger partial charge in [0.1, 0.15) is 18.0 Å². The number of nitrogens with one attached hydrogen (secondary N) is 1. The molecule has 0 bridgehead atoms. The van der Waals surface area contributed by atoms with Gasteiger partial charge in [-0.1, -0.05) is 0 Å². The first-order valence-electron chi connectivity index (χ1n) is 15.8. The van der Waals surface area contributed by atoms with E-state index in [9.17, 15) is 35.6 Å². The number of alkyl halides is 4. The maximum absolute atomic E-state index is 13.3. The SMILES string of the molecule is CC(=O)N(CCOCCF)c1cc(C)c(/C=C/S(=O)(=O)N2CCC3(CC2)N=C(C2CCC(CCC(F)(F)F)CC2)NC3=O)c(C)c1. The highest BCUT2D eigenvalue weighted by Gasteiger charge is 2.48.